The number of hydrogen-bond donors (Lipinski definition) is 1. The first kappa shape index (κ1) is 24.0. The minimum atomic E-state index is -0.301. The standard InChI is InChI=1S/C30H36N6O/c1-22-14-15-27-24(18-22)19-25(28(37)31-27)21-35(20-23-10-4-2-5-11-23)30(16-8-9-17-30)29-32-33-34-36(29)26-12-6-3-7-13-26/h2,4-5,10-11,14-15,18-19,26H,3,6-9,12-13,16-17,20-21H2,1H3,(H,31,37). The predicted molar refractivity (Wildman–Crippen MR) is 145 cm³/mol. The predicted octanol–water partition coefficient (Wildman–Crippen LogP) is 5.80. The van der Waals surface area contributed by atoms with Crippen molar-refractivity contribution in [1.82, 2.24) is 30.1 Å². The highest BCUT2D eigenvalue weighted by Gasteiger charge is 2.46. The normalized spacial score (nSPS) is 18.1. The zero-order valence-corrected chi connectivity index (χ0v) is 21.7. The summed E-state index contributed by atoms with van der Waals surface area (Å²) in [5.74, 6) is 0.987. The molecule has 2 aromatic heterocycles. The third-order valence-corrected chi connectivity index (χ3v) is 8.52. The topological polar surface area (TPSA) is 79.7 Å². The zero-order valence-electron chi connectivity index (χ0n) is 21.7. The number of tetrazole rings is 1. The van der Waals surface area contributed by atoms with Gasteiger partial charge >= 0.3 is 0 Å². The molecule has 0 spiro atoms. The number of nitrogens with zero attached hydrogens (tertiary/aromatic N) is 5. The van der Waals surface area contributed by atoms with Crippen LogP contribution >= 0.6 is 0 Å². The maximum atomic E-state index is 13.3. The highest BCUT2D eigenvalue weighted by atomic mass is 16.1. The molecule has 2 heterocycles. The minimum Gasteiger partial charge on any atom is -0.322 e. The minimum absolute atomic E-state index is 0.0190. The van der Waals surface area contributed by atoms with Crippen molar-refractivity contribution in [3.63, 3.8) is 0 Å². The van der Waals surface area contributed by atoms with Crippen LogP contribution in [-0.2, 0) is 18.6 Å². The molecule has 1 N–H and O–H groups in total. The molecule has 7 heteroatoms. The van der Waals surface area contributed by atoms with Gasteiger partial charge in [-0.05, 0) is 72.2 Å². The first-order valence-corrected chi connectivity index (χ1v) is 13.8. The van der Waals surface area contributed by atoms with Crippen molar-refractivity contribution in [3.8, 4) is 0 Å². The SMILES string of the molecule is Cc1ccc2[nH]c(=O)c(CN(Cc3ccccc3)C3(c4nnnn4C4CCCCC4)CCCC3)cc2c1. The van der Waals surface area contributed by atoms with Crippen molar-refractivity contribution in [2.24, 2.45) is 0 Å². The molecule has 0 aliphatic heterocycles. The summed E-state index contributed by atoms with van der Waals surface area (Å²) in [7, 11) is 0. The van der Waals surface area contributed by atoms with Crippen molar-refractivity contribution in [1.29, 1.82) is 0 Å². The van der Waals surface area contributed by atoms with Crippen LogP contribution in [0.4, 0.5) is 0 Å². The van der Waals surface area contributed by atoms with Crippen molar-refractivity contribution in [3.05, 3.63) is 87.5 Å². The lowest BCUT2D eigenvalue weighted by Crippen LogP contribution is -2.46. The summed E-state index contributed by atoms with van der Waals surface area (Å²) >= 11 is 0. The van der Waals surface area contributed by atoms with Gasteiger partial charge in [0.05, 0.1) is 11.6 Å². The van der Waals surface area contributed by atoms with Crippen molar-refractivity contribution in [2.75, 3.05) is 0 Å². The summed E-state index contributed by atoms with van der Waals surface area (Å²) in [6.07, 6.45) is 10.3. The first-order chi connectivity index (χ1) is 18.1. The number of nitrogens with one attached hydrogen (secondary N) is 1. The Balaban J connectivity index is 1.44. The van der Waals surface area contributed by atoms with E-state index < -0.39 is 0 Å². The largest absolute Gasteiger partial charge is 0.322 e. The molecule has 2 fully saturated rings. The Kier molecular flexibility index (Phi) is 6.63. The van der Waals surface area contributed by atoms with Gasteiger partial charge in [0.2, 0.25) is 0 Å². The lowest BCUT2D eigenvalue weighted by molar-refractivity contribution is 0.0563. The third kappa shape index (κ3) is 4.73. The molecule has 192 valence electrons. The van der Waals surface area contributed by atoms with Crippen LogP contribution in [0.1, 0.15) is 86.3 Å². The molecule has 7 nitrogen and oxygen atoms in total. The summed E-state index contributed by atoms with van der Waals surface area (Å²) in [6.45, 7) is 3.37. The van der Waals surface area contributed by atoms with Gasteiger partial charge in [0.25, 0.3) is 5.56 Å². The van der Waals surface area contributed by atoms with Gasteiger partial charge in [-0.1, -0.05) is 74.1 Å². The molecule has 0 atom stereocenters. The van der Waals surface area contributed by atoms with Gasteiger partial charge in [-0.15, -0.1) is 5.10 Å². The highest BCUT2D eigenvalue weighted by molar-refractivity contribution is 5.79. The molecule has 0 unspecified atom stereocenters. The molecule has 0 radical (unpaired) electrons. The fourth-order valence-corrected chi connectivity index (χ4v) is 6.57. The van der Waals surface area contributed by atoms with Crippen LogP contribution in [-0.4, -0.2) is 30.1 Å². The third-order valence-electron chi connectivity index (χ3n) is 8.52. The van der Waals surface area contributed by atoms with Crippen LogP contribution in [0.15, 0.2) is 59.4 Å². The zero-order chi connectivity index (χ0) is 25.2. The van der Waals surface area contributed by atoms with Crippen molar-refractivity contribution in [2.45, 2.75) is 89.4 Å². The average molecular weight is 497 g/mol. The van der Waals surface area contributed by atoms with E-state index in [9.17, 15) is 4.79 Å². The van der Waals surface area contributed by atoms with E-state index in [2.05, 4.69) is 74.4 Å². The monoisotopic (exact) mass is 496 g/mol. The summed E-state index contributed by atoms with van der Waals surface area (Å²) in [6, 6.07) is 19.2. The Morgan fingerprint density at radius 3 is 2.54 bits per heavy atom. The fraction of sp³-hybridized carbons (Fsp3) is 0.467. The van der Waals surface area contributed by atoms with Crippen LogP contribution in [0, 0.1) is 6.92 Å². The Hall–Kier alpha value is -3.32. The van der Waals surface area contributed by atoms with Gasteiger partial charge in [0.1, 0.15) is 0 Å². The highest BCUT2D eigenvalue weighted by Crippen LogP contribution is 2.45. The van der Waals surface area contributed by atoms with E-state index in [1.165, 1.54) is 30.4 Å². The molecular weight excluding hydrogens is 460 g/mol. The number of pyridine rings is 1. The number of benzene rings is 2. The summed E-state index contributed by atoms with van der Waals surface area (Å²) in [4.78, 5) is 18.9. The van der Waals surface area contributed by atoms with Gasteiger partial charge in [-0.2, -0.15) is 0 Å². The Morgan fingerprint density at radius 1 is 0.973 bits per heavy atom. The van der Waals surface area contributed by atoms with Gasteiger partial charge in [0.15, 0.2) is 5.82 Å². The van der Waals surface area contributed by atoms with Crippen molar-refractivity contribution < 1.29 is 0 Å². The first-order valence-electron chi connectivity index (χ1n) is 13.8. The van der Waals surface area contributed by atoms with E-state index in [1.807, 2.05) is 12.1 Å². The molecule has 2 aliphatic carbocycles. The van der Waals surface area contributed by atoms with E-state index in [-0.39, 0.29) is 11.1 Å². The number of H-pyrrole nitrogens is 1. The average Bonchev–Trinajstić information content (AvgIpc) is 3.61. The second-order valence-electron chi connectivity index (χ2n) is 11.0. The number of aromatic nitrogens is 5. The maximum absolute atomic E-state index is 13.3. The molecule has 2 aromatic carbocycles. The van der Waals surface area contributed by atoms with E-state index in [0.29, 0.717) is 12.6 Å². The van der Waals surface area contributed by atoms with Gasteiger partial charge in [-0.25, -0.2) is 4.68 Å². The van der Waals surface area contributed by atoms with Crippen LogP contribution in [0.2, 0.25) is 0 Å². The molecule has 4 aromatic rings. The Morgan fingerprint density at radius 2 is 1.76 bits per heavy atom. The molecule has 2 saturated carbocycles. The van der Waals surface area contributed by atoms with Crippen LogP contribution in [0.25, 0.3) is 10.9 Å². The summed E-state index contributed by atoms with van der Waals surface area (Å²) in [5, 5.41) is 14.6. The Bertz CT molecular complexity index is 1410. The van der Waals surface area contributed by atoms with Crippen LogP contribution in [0.3, 0.4) is 0 Å². The lowest BCUT2D eigenvalue weighted by Gasteiger charge is -2.41. The maximum Gasteiger partial charge on any atom is 0.252 e. The molecule has 37 heavy (non-hydrogen) atoms. The van der Waals surface area contributed by atoms with E-state index in [4.69, 9.17) is 5.10 Å². The molecule has 0 bridgehead atoms. The summed E-state index contributed by atoms with van der Waals surface area (Å²) < 4.78 is 2.15. The van der Waals surface area contributed by atoms with E-state index >= 15 is 0 Å². The molecule has 6 rings (SSSR count). The van der Waals surface area contributed by atoms with E-state index in [1.54, 1.807) is 0 Å². The molecule has 2 aliphatic rings. The fourth-order valence-electron chi connectivity index (χ4n) is 6.57. The number of aromatic amines is 1. The summed E-state index contributed by atoms with van der Waals surface area (Å²) in [5.41, 5.74) is 3.77. The lowest BCUT2D eigenvalue weighted by atomic mass is 9.90. The van der Waals surface area contributed by atoms with Gasteiger partial charge < -0.3 is 4.98 Å². The number of rotatable bonds is 7. The van der Waals surface area contributed by atoms with Crippen LogP contribution < -0.4 is 5.56 Å². The molecule has 0 amide bonds. The number of fused-ring (bicyclic) bond motifs is 1. The second-order valence-corrected chi connectivity index (χ2v) is 11.0. The Labute approximate surface area is 217 Å². The van der Waals surface area contributed by atoms with Gasteiger partial charge in [0, 0.05) is 24.2 Å². The smallest absolute Gasteiger partial charge is 0.252 e. The number of aryl methyl sites for hydroxylation is 1. The van der Waals surface area contributed by atoms with E-state index in [0.717, 1.165) is 67.4 Å². The quantitative estimate of drug-likeness (QED) is 0.350. The molecule has 0 saturated heterocycles. The molecular formula is C30H36N6O. The number of hydrogen-bond acceptors (Lipinski definition) is 5. The second kappa shape index (κ2) is 10.2. The van der Waals surface area contributed by atoms with Gasteiger partial charge in [-0.3, -0.25) is 9.69 Å². The van der Waals surface area contributed by atoms with Crippen molar-refractivity contribution >= 4 is 10.9 Å². The van der Waals surface area contributed by atoms with Crippen LogP contribution in [0.5, 0.6) is 0 Å².